The quantitative estimate of drug-likeness (QED) is 0.859. The third-order valence-electron chi connectivity index (χ3n) is 5.01. The topological polar surface area (TPSA) is 62.5 Å². The number of fused-ring (bicyclic) bond motifs is 1. The summed E-state index contributed by atoms with van der Waals surface area (Å²) in [4.78, 5) is 25.7. The summed E-state index contributed by atoms with van der Waals surface area (Å²) in [5.74, 6) is -1.78. The second-order valence-electron chi connectivity index (χ2n) is 7.15. The van der Waals surface area contributed by atoms with Crippen LogP contribution in [0.15, 0.2) is 23.1 Å². The molecule has 0 spiro atoms. The van der Waals surface area contributed by atoms with Crippen LogP contribution in [-0.2, 0) is 6.54 Å². The monoisotopic (exact) mass is 348 g/mol. The van der Waals surface area contributed by atoms with E-state index in [-0.39, 0.29) is 10.9 Å². The summed E-state index contributed by atoms with van der Waals surface area (Å²) in [6, 6.07) is 2.85. The Balaban J connectivity index is 2.15. The molecule has 1 aromatic carbocycles. The van der Waals surface area contributed by atoms with Gasteiger partial charge in [-0.25, -0.2) is 9.18 Å². The van der Waals surface area contributed by atoms with Crippen LogP contribution in [0, 0.1) is 5.82 Å². The fraction of sp³-hybridized carbons (Fsp3) is 0.444. The Kier molecular flexibility index (Phi) is 4.28. The first-order valence-electron chi connectivity index (χ1n) is 8.40. The maximum atomic E-state index is 14.7. The number of rotatable bonds is 3. The van der Waals surface area contributed by atoms with Gasteiger partial charge in [0.25, 0.3) is 0 Å². The lowest BCUT2D eigenvalue weighted by Crippen LogP contribution is -2.55. The van der Waals surface area contributed by atoms with Crippen LogP contribution < -0.4 is 10.3 Å². The molecule has 0 unspecified atom stereocenters. The molecule has 2 aromatic rings. The minimum Gasteiger partial charge on any atom is -0.477 e. The van der Waals surface area contributed by atoms with Crippen molar-refractivity contribution < 1.29 is 18.8 Å². The molecular formula is C18H23FN3O3+. The number of carboxylic acid groups (broad SMARTS) is 1. The van der Waals surface area contributed by atoms with E-state index in [1.165, 1.54) is 12.3 Å². The predicted molar refractivity (Wildman–Crippen MR) is 94.9 cm³/mol. The van der Waals surface area contributed by atoms with Crippen molar-refractivity contribution in [3.05, 3.63) is 39.9 Å². The fourth-order valence-corrected chi connectivity index (χ4v) is 3.30. The Hall–Kier alpha value is -2.41. The van der Waals surface area contributed by atoms with Crippen LogP contribution in [0.2, 0.25) is 0 Å². The van der Waals surface area contributed by atoms with Crippen LogP contribution in [0.5, 0.6) is 0 Å². The molecule has 6 nitrogen and oxygen atoms in total. The first-order chi connectivity index (χ1) is 11.7. The molecule has 0 aliphatic carbocycles. The van der Waals surface area contributed by atoms with Crippen molar-refractivity contribution in [3.63, 3.8) is 0 Å². The van der Waals surface area contributed by atoms with Crippen LogP contribution >= 0.6 is 0 Å². The number of carbonyl (C=O) groups is 1. The number of carboxylic acids is 1. The molecule has 1 aliphatic rings. The van der Waals surface area contributed by atoms with E-state index in [9.17, 15) is 19.1 Å². The van der Waals surface area contributed by atoms with E-state index in [2.05, 4.69) is 14.1 Å². The van der Waals surface area contributed by atoms with Gasteiger partial charge >= 0.3 is 5.97 Å². The first kappa shape index (κ1) is 17.4. The van der Waals surface area contributed by atoms with Crippen molar-refractivity contribution in [1.29, 1.82) is 0 Å². The van der Waals surface area contributed by atoms with Crippen LogP contribution in [0.4, 0.5) is 10.1 Å². The maximum absolute atomic E-state index is 14.7. The second kappa shape index (κ2) is 6.15. The number of likely N-dealkylation sites (N-methyl/N-ethyl adjacent to an activating group) is 1. The van der Waals surface area contributed by atoms with Gasteiger partial charge in [0, 0.05) is 18.1 Å². The molecule has 134 valence electrons. The van der Waals surface area contributed by atoms with Crippen LogP contribution in [0.3, 0.4) is 0 Å². The molecule has 7 heteroatoms. The molecule has 1 fully saturated rings. The van der Waals surface area contributed by atoms with Crippen molar-refractivity contribution in [1.82, 2.24) is 4.57 Å². The highest BCUT2D eigenvalue weighted by atomic mass is 19.1. The number of aromatic carboxylic acids is 1. The predicted octanol–water partition coefficient (Wildman–Crippen LogP) is 1.76. The number of nitrogens with zero attached hydrogens (tertiary/aromatic N) is 3. The number of aryl methyl sites for hydroxylation is 1. The lowest BCUT2D eigenvalue weighted by Gasteiger charge is -2.40. The van der Waals surface area contributed by atoms with Crippen LogP contribution in [0.25, 0.3) is 10.9 Å². The van der Waals surface area contributed by atoms with E-state index in [4.69, 9.17) is 0 Å². The van der Waals surface area contributed by atoms with Gasteiger partial charge in [0.15, 0.2) is 0 Å². The van der Waals surface area contributed by atoms with Crippen molar-refractivity contribution in [2.45, 2.75) is 13.5 Å². The van der Waals surface area contributed by atoms with E-state index < -0.39 is 17.2 Å². The lowest BCUT2D eigenvalue weighted by molar-refractivity contribution is -0.890. The molecule has 0 amide bonds. The van der Waals surface area contributed by atoms with Crippen molar-refractivity contribution in [2.24, 2.45) is 0 Å². The third kappa shape index (κ3) is 3.11. The Bertz CT molecular complexity index is 895. The number of hydrogen-bond acceptors (Lipinski definition) is 3. The Morgan fingerprint density at radius 1 is 1.28 bits per heavy atom. The maximum Gasteiger partial charge on any atom is 0.341 e. The normalized spacial score (nSPS) is 17.0. The third-order valence-corrected chi connectivity index (χ3v) is 5.01. The molecule has 2 heterocycles. The zero-order valence-electron chi connectivity index (χ0n) is 14.8. The molecule has 0 atom stereocenters. The zero-order chi connectivity index (χ0) is 18.4. The number of pyridine rings is 1. The highest BCUT2D eigenvalue weighted by Gasteiger charge is 2.27. The van der Waals surface area contributed by atoms with Gasteiger partial charge in [-0.05, 0) is 19.1 Å². The summed E-state index contributed by atoms with van der Waals surface area (Å²) < 4.78 is 17.3. The Morgan fingerprint density at radius 2 is 1.92 bits per heavy atom. The number of quaternary nitrogens is 1. The molecule has 1 N–H and O–H groups in total. The van der Waals surface area contributed by atoms with Gasteiger partial charge in [-0.3, -0.25) is 4.79 Å². The highest BCUT2D eigenvalue weighted by Crippen LogP contribution is 2.26. The molecule has 0 saturated carbocycles. The zero-order valence-corrected chi connectivity index (χ0v) is 14.8. The van der Waals surface area contributed by atoms with E-state index in [0.717, 1.165) is 30.7 Å². The summed E-state index contributed by atoms with van der Waals surface area (Å²) in [6.45, 7) is 5.65. The Morgan fingerprint density at radius 3 is 2.48 bits per heavy atom. The smallest absolute Gasteiger partial charge is 0.341 e. The van der Waals surface area contributed by atoms with Gasteiger partial charge in [-0.1, -0.05) is 0 Å². The number of aromatic nitrogens is 1. The van der Waals surface area contributed by atoms with Crippen molar-refractivity contribution in [2.75, 3.05) is 45.2 Å². The number of anilines is 1. The first-order valence-corrected chi connectivity index (χ1v) is 8.40. The molecule has 0 bridgehead atoms. The van der Waals surface area contributed by atoms with Gasteiger partial charge < -0.3 is 19.1 Å². The van der Waals surface area contributed by atoms with Crippen molar-refractivity contribution in [3.8, 4) is 0 Å². The van der Waals surface area contributed by atoms with Crippen molar-refractivity contribution >= 4 is 22.6 Å². The number of benzene rings is 1. The molecule has 3 rings (SSSR count). The molecule has 0 radical (unpaired) electrons. The minimum absolute atomic E-state index is 0.108. The Labute approximate surface area is 145 Å². The van der Waals surface area contributed by atoms with E-state index >= 15 is 0 Å². The summed E-state index contributed by atoms with van der Waals surface area (Å²) >= 11 is 0. The highest BCUT2D eigenvalue weighted by molar-refractivity contribution is 5.93. The van der Waals surface area contributed by atoms with Crippen LogP contribution in [0.1, 0.15) is 17.3 Å². The molecule has 1 aromatic heterocycles. The second-order valence-corrected chi connectivity index (χ2v) is 7.15. The largest absolute Gasteiger partial charge is 0.477 e. The standard InChI is InChI=1S/C18H22FN3O3/c1-4-20-11-13(18(24)25)17(23)12-9-14(19)16(10-15(12)20)21-5-7-22(2,3)8-6-21/h9-11H,4-8H2,1-3H3/p+1. The van der Waals surface area contributed by atoms with E-state index in [1.54, 1.807) is 10.6 Å². The summed E-state index contributed by atoms with van der Waals surface area (Å²) in [6.07, 6.45) is 1.34. The average molecular weight is 348 g/mol. The SMILES string of the molecule is CCn1cc(C(=O)O)c(=O)c2cc(F)c(N3CC[N+](C)(C)CC3)cc21. The van der Waals surface area contributed by atoms with Gasteiger partial charge in [0.1, 0.15) is 11.4 Å². The number of halogens is 1. The minimum atomic E-state index is -1.30. The van der Waals surface area contributed by atoms with E-state index in [0.29, 0.717) is 17.7 Å². The molecular weight excluding hydrogens is 325 g/mol. The van der Waals surface area contributed by atoms with Gasteiger partial charge in [-0.2, -0.15) is 0 Å². The number of hydrogen-bond donors (Lipinski definition) is 1. The van der Waals surface area contributed by atoms with Crippen LogP contribution in [-0.4, -0.2) is 60.4 Å². The van der Waals surface area contributed by atoms with E-state index in [1.807, 2.05) is 11.8 Å². The lowest BCUT2D eigenvalue weighted by atomic mass is 10.1. The summed E-state index contributed by atoms with van der Waals surface area (Å²) in [7, 11) is 4.30. The average Bonchev–Trinajstić information content (AvgIpc) is 2.55. The fourth-order valence-electron chi connectivity index (χ4n) is 3.30. The molecule has 25 heavy (non-hydrogen) atoms. The van der Waals surface area contributed by atoms with Gasteiger partial charge in [0.2, 0.25) is 5.43 Å². The number of piperazine rings is 1. The molecule has 1 saturated heterocycles. The van der Waals surface area contributed by atoms with Gasteiger partial charge in [0.05, 0.1) is 51.5 Å². The summed E-state index contributed by atoms with van der Waals surface area (Å²) in [5.41, 5.74) is 0.0534. The van der Waals surface area contributed by atoms with Gasteiger partial charge in [-0.15, -0.1) is 0 Å². The summed E-state index contributed by atoms with van der Waals surface area (Å²) in [5, 5.41) is 9.31. The molecule has 1 aliphatic heterocycles.